The molecule has 0 radical (unpaired) electrons. The van der Waals surface area contributed by atoms with E-state index in [-0.39, 0.29) is 6.04 Å². The number of hydrogen-bond acceptors (Lipinski definition) is 3. The molecule has 2 aromatic rings. The lowest BCUT2D eigenvalue weighted by Crippen LogP contribution is -2.35. The molecule has 1 fully saturated rings. The monoisotopic (exact) mass is 270 g/mol. The van der Waals surface area contributed by atoms with Gasteiger partial charge in [0.1, 0.15) is 0 Å². The van der Waals surface area contributed by atoms with E-state index in [1.165, 1.54) is 4.90 Å². The summed E-state index contributed by atoms with van der Waals surface area (Å²) >= 11 is 0. The molecule has 1 heterocycles. The molecule has 1 unspecified atom stereocenters. The molecular weight excluding hydrogens is 256 g/mol. The van der Waals surface area contributed by atoms with Crippen molar-refractivity contribution in [2.24, 2.45) is 0 Å². The number of benzene rings is 1. The van der Waals surface area contributed by atoms with Crippen LogP contribution in [-0.2, 0) is 9.59 Å². The Labute approximate surface area is 115 Å². The topological polar surface area (TPSA) is 70.5 Å². The number of aliphatic carboxylic acids is 1. The highest BCUT2D eigenvalue weighted by Crippen LogP contribution is 2.35. The van der Waals surface area contributed by atoms with Crippen LogP contribution in [0.2, 0.25) is 0 Å². The van der Waals surface area contributed by atoms with Crippen LogP contribution in [0.4, 0.5) is 0 Å². The minimum absolute atomic E-state index is 0.0348. The van der Waals surface area contributed by atoms with Gasteiger partial charge in [-0.25, -0.2) is 4.79 Å². The summed E-state index contributed by atoms with van der Waals surface area (Å²) in [6, 6.07) is 6.53. The van der Waals surface area contributed by atoms with Crippen LogP contribution in [0.25, 0.3) is 10.8 Å². The second-order valence-electron chi connectivity index (χ2n) is 4.97. The normalized spacial score (nSPS) is 15.8. The maximum atomic E-state index is 11.6. The molecule has 1 amide bonds. The van der Waals surface area contributed by atoms with Gasteiger partial charge in [0.25, 0.3) is 0 Å². The lowest BCUT2D eigenvalue weighted by molar-refractivity contribution is -0.147. The SMILES string of the molecule is O=CN(C1CC1)C(C(=O)O)c1cncc2ccccc12. The van der Waals surface area contributed by atoms with Gasteiger partial charge in [-0.2, -0.15) is 0 Å². The second-order valence-corrected chi connectivity index (χ2v) is 4.97. The molecule has 1 saturated carbocycles. The van der Waals surface area contributed by atoms with Crippen molar-refractivity contribution in [3.63, 3.8) is 0 Å². The number of aromatic nitrogens is 1. The standard InChI is InChI=1S/C15H14N2O3/c18-9-17(11-5-6-11)14(15(19)20)13-8-16-7-10-3-1-2-4-12(10)13/h1-4,7-9,11,14H,5-6H2,(H,19,20). The number of carboxylic acid groups (broad SMARTS) is 1. The molecular formula is C15H14N2O3. The number of carbonyl (C=O) groups excluding carboxylic acids is 1. The first kappa shape index (κ1) is 12.6. The maximum Gasteiger partial charge on any atom is 0.331 e. The van der Waals surface area contributed by atoms with Crippen molar-refractivity contribution < 1.29 is 14.7 Å². The van der Waals surface area contributed by atoms with Gasteiger partial charge in [-0.1, -0.05) is 24.3 Å². The Morgan fingerprint density at radius 2 is 2.10 bits per heavy atom. The van der Waals surface area contributed by atoms with Crippen LogP contribution in [0.3, 0.4) is 0 Å². The Bertz CT molecular complexity index is 662. The smallest absolute Gasteiger partial charge is 0.331 e. The Morgan fingerprint density at radius 3 is 2.75 bits per heavy atom. The molecule has 1 aliphatic rings. The fourth-order valence-electron chi connectivity index (χ4n) is 2.51. The highest BCUT2D eigenvalue weighted by atomic mass is 16.4. The summed E-state index contributed by atoms with van der Waals surface area (Å²) < 4.78 is 0. The second kappa shape index (κ2) is 4.92. The third-order valence-corrected chi connectivity index (χ3v) is 3.62. The molecule has 5 heteroatoms. The lowest BCUT2D eigenvalue weighted by Gasteiger charge is -2.25. The van der Waals surface area contributed by atoms with E-state index < -0.39 is 12.0 Å². The fraction of sp³-hybridized carbons (Fsp3) is 0.267. The summed E-state index contributed by atoms with van der Waals surface area (Å²) in [5, 5.41) is 11.2. The van der Waals surface area contributed by atoms with Gasteiger partial charge in [-0.15, -0.1) is 0 Å². The molecule has 1 N–H and O–H groups in total. The highest BCUT2D eigenvalue weighted by molar-refractivity contribution is 5.90. The zero-order chi connectivity index (χ0) is 14.1. The predicted molar refractivity (Wildman–Crippen MR) is 73.0 cm³/mol. The Hall–Kier alpha value is -2.43. The molecule has 5 nitrogen and oxygen atoms in total. The number of carbonyl (C=O) groups is 2. The molecule has 0 aliphatic heterocycles. The largest absolute Gasteiger partial charge is 0.479 e. The van der Waals surface area contributed by atoms with Crippen LogP contribution in [0, 0.1) is 0 Å². The van der Waals surface area contributed by atoms with Crippen molar-refractivity contribution >= 4 is 23.2 Å². The van der Waals surface area contributed by atoms with Gasteiger partial charge in [-0.3, -0.25) is 9.78 Å². The lowest BCUT2D eigenvalue weighted by atomic mass is 10.0. The fourth-order valence-corrected chi connectivity index (χ4v) is 2.51. The Kier molecular flexibility index (Phi) is 3.10. The third kappa shape index (κ3) is 2.11. The zero-order valence-corrected chi connectivity index (χ0v) is 10.8. The average molecular weight is 270 g/mol. The van der Waals surface area contributed by atoms with E-state index in [1.807, 2.05) is 24.3 Å². The molecule has 0 bridgehead atoms. The van der Waals surface area contributed by atoms with E-state index in [9.17, 15) is 14.7 Å². The van der Waals surface area contributed by atoms with Crippen LogP contribution in [0.1, 0.15) is 24.4 Å². The number of pyridine rings is 1. The minimum Gasteiger partial charge on any atom is -0.479 e. The summed E-state index contributed by atoms with van der Waals surface area (Å²) in [5.41, 5.74) is 0.564. The van der Waals surface area contributed by atoms with E-state index in [0.717, 1.165) is 23.6 Å². The first-order chi connectivity index (χ1) is 9.72. The number of hydrogen-bond donors (Lipinski definition) is 1. The minimum atomic E-state index is -1.03. The van der Waals surface area contributed by atoms with Gasteiger partial charge < -0.3 is 10.0 Å². The molecule has 1 aromatic heterocycles. The van der Waals surface area contributed by atoms with E-state index in [2.05, 4.69) is 4.98 Å². The number of rotatable bonds is 5. The molecule has 3 rings (SSSR count). The number of carboxylic acids is 1. The van der Waals surface area contributed by atoms with Crippen LogP contribution >= 0.6 is 0 Å². The quantitative estimate of drug-likeness (QED) is 0.843. The first-order valence-corrected chi connectivity index (χ1v) is 6.50. The molecule has 1 aliphatic carbocycles. The highest BCUT2D eigenvalue weighted by Gasteiger charge is 2.38. The Morgan fingerprint density at radius 1 is 1.35 bits per heavy atom. The van der Waals surface area contributed by atoms with E-state index in [1.54, 1.807) is 12.4 Å². The van der Waals surface area contributed by atoms with Crippen molar-refractivity contribution in [1.29, 1.82) is 0 Å². The van der Waals surface area contributed by atoms with Gasteiger partial charge in [-0.05, 0) is 18.2 Å². The summed E-state index contributed by atoms with van der Waals surface area (Å²) in [4.78, 5) is 28.4. The molecule has 20 heavy (non-hydrogen) atoms. The summed E-state index contributed by atoms with van der Waals surface area (Å²) in [7, 11) is 0. The van der Waals surface area contributed by atoms with Crippen LogP contribution < -0.4 is 0 Å². The number of amides is 1. The van der Waals surface area contributed by atoms with E-state index >= 15 is 0 Å². The van der Waals surface area contributed by atoms with Gasteiger partial charge in [0.15, 0.2) is 6.04 Å². The number of fused-ring (bicyclic) bond motifs is 1. The zero-order valence-electron chi connectivity index (χ0n) is 10.8. The molecule has 0 spiro atoms. The molecule has 0 saturated heterocycles. The van der Waals surface area contributed by atoms with Crippen molar-refractivity contribution in [3.05, 3.63) is 42.2 Å². The van der Waals surface area contributed by atoms with Gasteiger partial charge in [0.05, 0.1) is 0 Å². The van der Waals surface area contributed by atoms with Crippen LogP contribution in [-0.4, -0.2) is 33.4 Å². The van der Waals surface area contributed by atoms with Gasteiger partial charge in [0.2, 0.25) is 6.41 Å². The number of nitrogens with zero attached hydrogens (tertiary/aromatic N) is 2. The average Bonchev–Trinajstić information content (AvgIpc) is 3.28. The van der Waals surface area contributed by atoms with Crippen molar-refractivity contribution in [2.45, 2.75) is 24.9 Å². The summed E-state index contributed by atoms with van der Waals surface area (Å²) in [5.74, 6) is -1.03. The van der Waals surface area contributed by atoms with Gasteiger partial charge >= 0.3 is 5.97 Å². The van der Waals surface area contributed by atoms with Crippen LogP contribution in [0.15, 0.2) is 36.7 Å². The Balaban J connectivity index is 2.14. The van der Waals surface area contributed by atoms with Crippen molar-refractivity contribution in [3.8, 4) is 0 Å². The van der Waals surface area contributed by atoms with E-state index in [0.29, 0.717) is 12.0 Å². The molecule has 102 valence electrons. The van der Waals surface area contributed by atoms with Crippen molar-refractivity contribution in [2.75, 3.05) is 0 Å². The van der Waals surface area contributed by atoms with Gasteiger partial charge in [0, 0.05) is 29.4 Å². The summed E-state index contributed by atoms with van der Waals surface area (Å²) in [6.45, 7) is 0. The first-order valence-electron chi connectivity index (χ1n) is 6.50. The summed E-state index contributed by atoms with van der Waals surface area (Å²) in [6.07, 6.45) is 5.60. The molecule has 1 aromatic carbocycles. The predicted octanol–water partition coefficient (Wildman–Crippen LogP) is 1.98. The molecule has 1 atom stereocenters. The van der Waals surface area contributed by atoms with E-state index in [4.69, 9.17) is 0 Å². The van der Waals surface area contributed by atoms with Crippen LogP contribution in [0.5, 0.6) is 0 Å². The van der Waals surface area contributed by atoms with Crippen molar-refractivity contribution in [1.82, 2.24) is 9.88 Å². The third-order valence-electron chi connectivity index (χ3n) is 3.62. The maximum absolute atomic E-state index is 11.6.